The molecule has 0 aromatic heterocycles. The zero-order valence-corrected chi connectivity index (χ0v) is 11.5. The zero-order valence-electron chi connectivity index (χ0n) is 10.8. The molecule has 0 aliphatic carbocycles. The van der Waals surface area contributed by atoms with E-state index >= 15 is 0 Å². The van der Waals surface area contributed by atoms with Crippen LogP contribution in [0.4, 0.5) is 16.2 Å². The van der Waals surface area contributed by atoms with Crippen LogP contribution in [0.15, 0.2) is 18.2 Å². The molecule has 0 atom stereocenters. The SMILES string of the molecule is CC(C)(C)OC(=O)N1CCNc2c(Cl)cccc21. The minimum atomic E-state index is -0.499. The predicted octanol–water partition coefficient (Wildman–Crippen LogP) is 3.51. The molecule has 0 bridgehead atoms. The quantitative estimate of drug-likeness (QED) is 0.783. The maximum Gasteiger partial charge on any atom is 0.414 e. The molecule has 0 saturated carbocycles. The number of halogens is 1. The van der Waals surface area contributed by atoms with Crippen molar-refractivity contribution in [2.45, 2.75) is 26.4 Å². The largest absolute Gasteiger partial charge is 0.443 e. The van der Waals surface area contributed by atoms with Crippen LogP contribution in [-0.4, -0.2) is 24.8 Å². The normalized spacial score (nSPS) is 14.8. The fourth-order valence-corrected chi connectivity index (χ4v) is 2.07. The minimum absolute atomic E-state index is 0.340. The van der Waals surface area contributed by atoms with Crippen LogP contribution < -0.4 is 10.2 Å². The molecule has 98 valence electrons. The first kappa shape index (κ1) is 13.0. The predicted molar refractivity (Wildman–Crippen MR) is 73.5 cm³/mol. The molecule has 1 aromatic rings. The summed E-state index contributed by atoms with van der Waals surface area (Å²) < 4.78 is 5.39. The molecule has 1 N–H and O–H groups in total. The van der Waals surface area contributed by atoms with E-state index < -0.39 is 5.60 Å². The number of anilines is 2. The summed E-state index contributed by atoms with van der Waals surface area (Å²) in [6.45, 7) is 6.79. The smallest absolute Gasteiger partial charge is 0.414 e. The third kappa shape index (κ3) is 2.70. The maximum absolute atomic E-state index is 12.1. The third-order valence-corrected chi connectivity index (χ3v) is 2.85. The Morgan fingerprint density at radius 2 is 2.17 bits per heavy atom. The summed E-state index contributed by atoms with van der Waals surface area (Å²) in [4.78, 5) is 13.7. The lowest BCUT2D eigenvalue weighted by Crippen LogP contribution is -2.42. The number of hydrogen-bond donors (Lipinski definition) is 1. The topological polar surface area (TPSA) is 41.6 Å². The van der Waals surface area contributed by atoms with Gasteiger partial charge in [0.15, 0.2) is 0 Å². The Hall–Kier alpha value is -1.42. The molecule has 0 radical (unpaired) electrons. The summed E-state index contributed by atoms with van der Waals surface area (Å²) in [5, 5.41) is 3.81. The molecular formula is C13H17ClN2O2. The van der Waals surface area contributed by atoms with Crippen LogP contribution >= 0.6 is 11.6 Å². The standard InChI is InChI=1S/C13H17ClN2O2/c1-13(2,3)18-12(17)16-8-7-15-11-9(14)5-4-6-10(11)16/h4-6,15H,7-8H2,1-3H3. The number of fused-ring (bicyclic) bond motifs is 1. The van der Waals surface area contributed by atoms with E-state index in [1.165, 1.54) is 0 Å². The number of para-hydroxylation sites is 1. The highest BCUT2D eigenvalue weighted by molar-refractivity contribution is 6.34. The van der Waals surface area contributed by atoms with E-state index in [1.807, 2.05) is 32.9 Å². The molecule has 1 aliphatic heterocycles. The number of carbonyl (C=O) groups excluding carboxylic acids is 1. The number of ether oxygens (including phenoxy) is 1. The molecular weight excluding hydrogens is 252 g/mol. The number of carbonyl (C=O) groups is 1. The van der Waals surface area contributed by atoms with Gasteiger partial charge in [0.25, 0.3) is 0 Å². The van der Waals surface area contributed by atoms with Crippen LogP contribution in [0, 0.1) is 0 Å². The molecule has 2 rings (SSSR count). The highest BCUT2D eigenvalue weighted by Gasteiger charge is 2.27. The highest BCUT2D eigenvalue weighted by atomic mass is 35.5. The van der Waals surface area contributed by atoms with E-state index in [4.69, 9.17) is 16.3 Å². The number of rotatable bonds is 0. The van der Waals surface area contributed by atoms with Crippen LogP contribution in [0.5, 0.6) is 0 Å². The fourth-order valence-electron chi connectivity index (χ4n) is 1.83. The van der Waals surface area contributed by atoms with E-state index in [-0.39, 0.29) is 6.09 Å². The van der Waals surface area contributed by atoms with Gasteiger partial charge in [0.1, 0.15) is 5.60 Å². The van der Waals surface area contributed by atoms with E-state index in [0.29, 0.717) is 18.1 Å². The van der Waals surface area contributed by atoms with Gasteiger partial charge in [-0.25, -0.2) is 4.79 Å². The van der Waals surface area contributed by atoms with Gasteiger partial charge in [-0.2, -0.15) is 0 Å². The van der Waals surface area contributed by atoms with Gasteiger partial charge in [-0.05, 0) is 32.9 Å². The molecule has 1 amide bonds. The lowest BCUT2D eigenvalue weighted by atomic mass is 10.2. The number of nitrogens with zero attached hydrogens (tertiary/aromatic N) is 1. The highest BCUT2D eigenvalue weighted by Crippen LogP contribution is 2.35. The van der Waals surface area contributed by atoms with Crippen molar-refractivity contribution in [3.8, 4) is 0 Å². The van der Waals surface area contributed by atoms with Crippen molar-refractivity contribution in [3.63, 3.8) is 0 Å². The molecule has 5 heteroatoms. The second kappa shape index (κ2) is 4.69. The van der Waals surface area contributed by atoms with Crippen molar-refractivity contribution in [1.82, 2.24) is 0 Å². The molecule has 0 unspecified atom stereocenters. The first-order chi connectivity index (χ1) is 8.38. The van der Waals surface area contributed by atoms with Crippen molar-refractivity contribution in [1.29, 1.82) is 0 Å². The van der Waals surface area contributed by atoms with Crippen molar-refractivity contribution in [2.75, 3.05) is 23.3 Å². The Morgan fingerprint density at radius 1 is 1.44 bits per heavy atom. The summed E-state index contributed by atoms with van der Waals surface area (Å²) in [6.07, 6.45) is -0.340. The second-order valence-corrected chi connectivity index (χ2v) is 5.60. The van der Waals surface area contributed by atoms with Crippen molar-refractivity contribution in [2.24, 2.45) is 0 Å². The van der Waals surface area contributed by atoms with E-state index in [2.05, 4.69) is 5.32 Å². The minimum Gasteiger partial charge on any atom is -0.443 e. The first-order valence-electron chi connectivity index (χ1n) is 5.91. The monoisotopic (exact) mass is 268 g/mol. The van der Waals surface area contributed by atoms with Crippen molar-refractivity contribution >= 4 is 29.1 Å². The van der Waals surface area contributed by atoms with Gasteiger partial charge in [-0.15, -0.1) is 0 Å². The van der Waals surface area contributed by atoms with E-state index in [1.54, 1.807) is 11.0 Å². The molecule has 1 heterocycles. The fraction of sp³-hybridized carbons (Fsp3) is 0.462. The van der Waals surface area contributed by atoms with Crippen LogP contribution in [0.3, 0.4) is 0 Å². The second-order valence-electron chi connectivity index (χ2n) is 5.19. The summed E-state index contributed by atoms with van der Waals surface area (Å²) in [6, 6.07) is 5.48. The van der Waals surface area contributed by atoms with E-state index in [9.17, 15) is 4.79 Å². The Labute approximate surface area is 112 Å². The molecule has 18 heavy (non-hydrogen) atoms. The number of hydrogen-bond acceptors (Lipinski definition) is 3. The van der Waals surface area contributed by atoms with Gasteiger partial charge < -0.3 is 10.1 Å². The molecule has 0 fully saturated rings. The summed E-state index contributed by atoms with van der Waals surface area (Å²) in [7, 11) is 0. The summed E-state index contributed by atoms with van der Waals surface area (Å²) in [5.41, 5.74) is 1.06. The Morgan fingerprint density at radius 3 is 2.83 bits per heavy atom. The van der Waals surface area contributed by atoms with Gasteiger partial charge >= 0.3 is 6.09 Å². The molecule has 4 nitrogen and oxygen atoms in total. The van der Waals surface area contributed by atoms with E-state index in [0.717, 1.165) is 11.4 Å². The Bertz CT molecular complexity index is 469. The average Bonchev–Trinajstić information content (AvgIpc) is 2.26. The Kier molecular flexibility index (Phi) is 3.39. The van der Waals surface area contributed by atoms with Crippen LogP contribution in [0.25, 0.3) is 0 Å². The van der Waals surface area contributed by atoms with Crippen LogP contribution in [0.1, 0.15) is 20.8 Å². The van der Waals surface area contributed by atoms with Crippen LogP contribution in [0.2, 0.25) is 5.02 Å². The van der Waals surface area contributed by atoms with Crippen molar-refractivity contribution < 1.29 is 9.53 Å². The lowest BCUT2D eigenvalue weighted by molar-refractivity contribution is 0.0581. The Balaban J connectivity index is 2.28. The molecule has 0 spiro atoms. The van der Waals surface area contributed by atoms with Gasteiger partial charge in [-0.3, -0.25) is 4.90 Å². The summed E-state index contributed by atoms with van der Waals surface area (Å²) >= 11 is 6.10. The van der Waals surface area contributed by atoms with Gasteiger partial charge in [0.05, 0.1) is 16.4 Å². The van der Waals surface area contributed by atoms with Crippen LogP contribution in [-0.2, 0) is 4.74 Å². The number of nitrogens with one attached hydrogen (secondary N) is 1. The summed E-state index contributed by atoms with van der Waals surface area (Å²) in [5.74, 6) is 0. The molecule has 0 saturated heterocycles. The molecule has 1 aromatic carbocycles. The third-order valence-electron chi connectivity index (χ3n) is 2.53. The van der Waals surface area contributed by atoms with Crippen molar-refractivity contribution in [3.05, 3.63) is 23.2 Å². The first-order valence-corrected chi connectivity index (χ1v) is 6.29. The van der Waals surface area contributed by atoms with Gasteiger partial charge in [0, 0.05) is 13.1 Å². The number of benzene rings is 1. The number of amides is 1. The zero-order chi connectivity index (χ0) is 13.3. The van der Waals surface area contributed by atoms with Gasteiger partial charge in [0.2, 0.25) is 0 Å². The van der Waals surface area contributed by atoms with Gasteiger partial charge in [-0.1, -0.05) is 17.7 Å². The maximum atomic E-state index is 12.1. The lowest BCUT2D eigenvalue weighted by Gasteiger charge is -2.32. The molecule has 1 aliphatic rings. The average molecular weight is 269 g/mol.